The van der Waals surface area contributed by atoms with Crippen LogP contribution < -0.4 is 20.9 Å². The molecular weight excluding hydrogens is 250 g/mol. The monoisotopic (exact) mass is 275 g/mol. The molecule has 2 aliphatic heterocycles. The van der Waals surface area contributed by atoms with Crippen LogP contribution in [0.25, 0.3) is 0 Å². The van der Waals surface area contributed by atoms with Crippen molar-refractivity contribution in [3.63, 3.8) is 0 Å². The van der Waals surface area contributed by atoms with Gasteiger partial charge >= 0.3 is 0 Å². The van der Waals surface area contributed by atoms with E-state index in [2.05, 4.69) is 33.1 Å². The lowest BCUT2D eigenvalue weighted by Crippen LogP contribution is -2.30. The second-order valence-electron chi connectivity index (χ2n) is 6.01. The normalized spacial score (nSPS) is 26.5. The van der Waals surface area contributed by atoms with Crippen LogP contribution in [0.3, 0.4) is 0 Å². The van der Waals surface area contributed by atoms with Crippen LogP contribution in [0.1, 0.15) is 26.2 Å². The molecule has 2 unspecified atom stereocenters. The van der Waals surface area contributed by atoms with Crippen molar-refractivity contribution >= 4 is 17.3 Å². The summed E-state index contributed by atoms with van der Waals surface area (Å²) in [6, 6.07) is 5.36. The lowest BCUT2D eigenvalue weighted by molar-refractivity contribution is 0.617. The van der Waals surface area contributed by atoms with Crippen LogP contribution in [-0.2, 0) is 0 Å². The lowest BCUT2D eigenvalue weighted by Gasteiger charge is -2.25. The molecule has 20 heavy (non-hydrogen) atoms. The van der Waals surface area contributed by atoms with Crippen LogP contribution in [0.2, 0.25) is 0 Å². The Labute approximate surface area is 121 Å². The number of rotatable bonds is 3. The number of nitrogens with one attached hydrogen (secondary N) is 1. The number of aromatic nitrogens is 1. The van der Waals surface area contributed by atoms with Crippen LogP contribution in [0.4, 0.5) is 17.3 Å². The molecule has 1 aromatic rings. The van der Waals surface area contributed by atoms with Gasteiger partial charge in [0, 0.05) is 49.5 Å². The van der Waals surface area contributed by atoms with Gasteiger partial charge in [-0.3, -0.25) is 0 Å². The zero-order valence-electron chi connectivity index (χ0n) is 12.5. The third-order valence-corrected chi connectivity index (χ3v) is 4.63. The molecule has 5 nitrogen and oxygen atoms in total. The average Bonchev–Trinajstić information content (AvgIpc) is 3.06. The van der Waals surface area contributed by atoms with E-state index in [-0.39, 0.29) is 0 Å². The Bertz CT molecular complexity index is 475. The highest BCUT2D eigenvalue weighted by Crippen LogP contribution is 2.30. The van der Waals surface area contributed by atoms with Gasteiger partial charge < -0.3 is 20.9 Å². The zero-order chi connectivity index (χ0) is 14.1. The molecule has 2 fully saturated rings. The molecule has 5 heteroatoms. The van der Waals surface area contributed by atoms with E-state index < -0.39 is 0 Å². The molecule has 2 atom stereocenters. The zero-order valence-corrected chi connectivity index (χ0v) is 12.5. The van der Waals surface area contributed by atoms with Gasteiger partial charge in [0.2, 0.25) is 0 Å². The van der Waals surface area contributed by atoms with Crippen molar-refractivity contribution in [2.75, 3.05) is 42.2 Å². The van der Waals surface area contributed by atoms with E-state index >= 15 is 0 Å². The highest BCUT2D eigenvalue weighted by atomic mass is 15.2. The fraction of sp³-hybridized carbons (Fsp3) is 0.667. The Morgan fingerprint density at radius 3 is 2.80 bits per heavy atom. The molecule has 0 bridgehead atoms. The molecule has 3 heterocycles. The number of anilines is 3. The molecular formula is C15H25N5. The maximum Gasteiger partial charge on any atom is 0.133 e. The quantitative estimate of drug-likeness (QED) is 0.874. The van der Waals surface area contributed by atoms with Crippen molar-refractivity contribution in [2.45, 2.75) is 38.3 Å². The summed E-state index contributed by atoms with van der Waals surface area (Å²) in [5.74, 6) is 1.67. The van der Waals surface area contributed by atoms with Gasteiger partial charge in [-0.15, -0.1) is 0 Å². The number of hydrogen-bond donors (Lipinski definition) is 2. The second-order valence-corrected chi connectivity index (χ2v) is 6.01. The number of nitrogens with zero attached hydrogens (tertiary/aromatic N) is 3. The maximum atomic E-state index is 6.03. The third kappa shape index (κ3) is 2.54. The fourth-order valence-corrected chi connectivity index (χ4v) is 3.36. The summed E-state index contributed by atoms with van der Waals surface area (Å²) in [4.78, 5) is 9.32. The molecule has 0 radical (unpaired) electrons. The van der Waals surface area contributed by atoms with E-state index in [9.17, 15) is 0 Å². The second kappa shape index (κ2) is 5.48. The van der Waals surface area contributed by atoms with Crippen molar-refractivity contribution in [2.24, 2.45) is 0 Å². The minimum atomic E-state index is 0.570. The van der Waals surface area contributed by atoms with Crippen molar-refractivity contribution < 1.29 is 0 Å². The first kappa shape index (κ1) is 13.5. The predicted octanol–water partition coefficient (Wildman–Crippen LogP) is 1.45. The molecule has 0 spiro atoms. The van der Waals surface area contributed by atoms with Crippen molar-refractivity contribution in [1.82, 2.24) is 10.3 Å². The molecule has 0 aliphatic carbocycles. The number of nitrogen functional groups attached to an aromatic ring is 1. The van der Waals surface area contributed by atoms with E-state index in [4.69, 9.17) is 5.73 Å². The molecule has 1 aromatic heterocycles. The summed E-state index contributed by atoms with van der Waals surface area (Å²) in [6.45, 7) is 5.50. The van der Waals surface area contributed by atoms with Gasteiger partial charge in [-0.1, -0.05) is 0 Å². The number of nitrogens with two attached hydrogens (primary N) is 1. The molecule has 2 saturated heterocycles. The minimum absolute atomic E-state index is 0.570. The van der Waals surface area contributed by atoms with Crippen molar-refractivity contribution in [1.29, 1.82) is 0 Å². The van der Waals surface area contributed by atoms with Gasteiger partial charge in [0.25, 0.3) is 0 Å². The van der Waals surface area contributed by atoms with Gasteiger partial charge in [-0.2, -0.15) is 0 Å². The maximum absolute atomic E-state index is 6.03. The van der Waals surface area contributed by atoms with Crippen LogP contribution in [-0.4, -0.2) is 43.7 Å². The first-order chi connectivity index (χ1) is 9.67. The Morgan fingerprint density at radius 2 is 2.15 bits per heavy atom. The van der Waals surface area contributed by atoms with Crippen LogP contribution >= 0.6 is 0 Å². The Balaban J connectivity index is 1.83. The Morgan fingerprint density at radius 1 is 1.30 bits per heavy atom. The van der Waals surface area contributed by atoms with E-state index in [0.29, 0.717) is 17.9 Å². The Hall–Kier alpha value is -1.49. The van der Waals surface area contributed by atoms with E-state index in [1.54, 1.807) is 0 Å². The lowest BCUT2D eigenvalue weighted by atomic mass is 10.2. The molecule has 2 aliphatic rings. The molecule has 3 N–H and O–H groups in total. The predicted molar refractivity (Wildman–Crippen MR) is 84.4 cm³/mol. The van der Waals surface area contributed by atoms with E-state index in [1.165, 1.54) is 24.9 Å². The fourth-order valence-electron chi connectivity index (χ4n) is 3.36. The summed E-state index contributed by atoms with van der Waals surface area (Å²) in [5.41, 5.74) is 7.24. The molecule has 3 rings (SSSR count). The smallest absolute Gasteiger partial charge is 0.133 e. The molecule has 0 aromatic carbocycles. The minimum Gasteiger partial charge on any atom is -0.384 e. The summed E-state index contributed by atoms with van der Waals surface area (Å²) >= 11 is 0. The highest BCUT2D eigenvalue weighted by molar-refractivity contribution is 5.62. The van der Waals surface area contributed by atoms with E-state index in [1.807, 2.05) is 13.1 Å². The Kier molecular flexibility index (Phi) is 3.70. The topological polar surface area (TPSA) is 57.4 Å². The summed E-state index contributed by atoms with van der Waals surface area (Å²) in [5, 5.41) is 3.36. The van der Waals surface area contributed by atoms with Crippen LogP contribution in [0.5, 0.6) is 0 Å². The summed E-state index contributed by atoms with van der Waals surface area (Å²) in [6.07, 6.45) is 3.68. The standard InChI is InChI=1S/C15H25N5/c1-11-4-3-6-20(11)15-9-13(8-14(16)18-15)19-7-5-12(10-19)17-2/h8-9,11-12,17H,3-7,10H2,1-2H3,(H2,16,18). The van der Waals surface area contributed by atoms with Crippen LogP contribution in [0.15, 0.2) is 12.1 Å². The SMILES string of the molecule is CNC1CCN(c2cc(N)nc(N3CCCC3C)c2)C1. The summed E-state index contributed by atoms with van der Waals surface area (Å²) < 4.78 is 0. The molecule has 0 saturated carbocycles. The van der Waals surface area contributed by atoms with Crippen molar-refractivity contribution in [3.8, 4) is 0 Å². The number of pyridine rings is 1. The number of hydrogen-bond acceptors (Lipinski definition) is 5. The first-order valence-electron chi connectivity index (χ1n) is 7.64. The first-order valence-corrected chi connectivity index (χ1v) is 7.64. The van der Waals surface area contributed by atoms with E-state index in [0.717, 1.165) is 25.5 Å². The summed E-state index contributed by atoms with van der Waals surface area (Å²) in [7, 11) is 2.03. The van der Waals surface area contributed by atoms with Crippen LogP contribution in [0, 0.1) is 0 Å². The highest BCUT2D eigenvalue weighted by Gasteiger charge is 2.25. The largest absolute Gasteiger partial charge is 0.384 e. The van der Waals surface area contributed by atoms with Crippen molar-refractivity contribution in [3.05, 3.63) is 12.1 Å². The average molecular weight is 275 g/mol. The van der Waals surface area contributed by atoms with Gasteiger partial charge in [0.1, 0.15) is 11.6 Å². The van der Waals surface area contributed by atoms with Gasteiger partial charge in [0.05, 0.1) is 0 Å². The van der Waals surface area contributed by atoms with Gasteiger partial charge in [-0.25, -0.2) is 4.98 Å². The third-order valence-electron chi connectivity index (χ3n) is 4.63. The molecule has 0 amide bonds. The van der Waals surface area contributed by atoms with Gasteiger partial charge in [-0.05, 0) is 33.2 Å². The molecule has 110 valence electrons. The van der Waals surface area contributed by atoms with Gasteiger partial charge in [0.15, 0.2) is 0 Å². The number of likely N-dealkylation sites (N-methyl/N-ethyl adjacent to an activating group) is 1.